The van der Waals surface area contributed by atoms with E-state index in [1.54, 1.807) is 4.57 Å². The smallest absolute Gasteiger partial charge is 0.181 e. The van der Waals surface area contributed by atoms with E-state index in [-0.39, 0.29) is 5.15 Å². The zero-order valence-electron chi connectivity index (χ0n) is 7.85. The van der Waals surface area contributed by atoms with Crippen molar-refractivity contribution in [2.24, 2.45) is 0 Å². The Morgan fingerprint density at radius 1 is 1.33 bits per heavy atom. The predicted octanol–water partition coefficient (Wildman–Crippen LogP) is 4.10. The van der Waals surface area contributed by atoms with Gasteiger partial charge in [-0.3, -0.25) is 4.57 Å². The molecule has 0 atom stereocenters. The van der Waals surface area contributed by atoms with Crippen LogP contribution in [0.15, 0.2) is 4.73 Å². The second kappa shape index (κ2) is 7.12. The summed E-state index contributed by atoms with van der Waals surface area (Å²) in [5.41, 5.74) is 0. The van der Waals surface area contributed by atoms with Crippen molar-refractivity contribution < 1.29 is 4.74 Å². The number of nitrogens with zero attached hydrogens (tertiary/aromatic N) is 2. The number of alkyl halides is 1. The second-order valence-corrected chi connectivity index (χ2v) is 5.04. The Morgan fingerprint density at radius 3 is 2.60 bits per heavy atom. The molecule has 0 radical (unpaired) electrons. The van der Waals surface area contributed by atoms with Crippen LogP contribution in [0.5, 0.6) is 0 Å². The summed E-state index contributed by atoms with van der Waals surface area (Å²) in [5, 5.41) is 1.68. The quantitative estimate of drug-likeness (QED) is 0.548. The number of unbranched alkanes of at least 4 members (excludes halogenated alkanes) is 1. The molecule has 0 amide bonds. The van der Waals surface area contributed by atoms with Gasteiger partial charge in [-0.2, -0.15) is 0 Å². The number of imidazole rings is 1. The molecule has 1 rings (SSSR count). The fourth-order valence-corrected chi connectivity index (χ4v) is 2.36. The van der Waals surface area contributed by atoms with Crippen molar-refractivity contribution in [3.63, 3.8) is 0 Å². The maximum Gasteiger partial charge on any atom is 0.181 e. The van der Waals surface area contributed by atoms with E-state index in [1.165, 1.54) is 0 Å². The summed E-state index contributed by atoms with van der Waals surface area (Å²) in [6.45, 7) is 1.06. The van der Waals surface area contributed by atoms with Gasteiger partial charge in [-0.1, -0.05) is 39.1 Å². The Balaban J connectivity index is 2.37. The third-order valence-corrected chi connectivity index (χ3v) is 3.62. The van der Waals surface area contributed by atoms with Crippen LogP contribution in [0.4, 0.5) is 0 Å². The highest BCUT2D eigenvalue weighted by Crippen LogP contribution is 2.25. The van der Waals surface area contributed by atoms with Gasteiger partial charge in [0, 0.05) is 11.9 Å². The highest BCUT2D eigenvalue weighted by molar-refractivity contribution is 9.10. The van der Waals surface area contributed by atoms with Gasteiger partial charge in [0.05, 0.1) is 0 Å². The van der Waals surface area contributed by atoms with E-state index in [2.05, 4.69) is 36.8 Å². The Kier molecular flexibility index (Phi) is 6.54. The monoisotopic (exact) mass is 378 g/mol. The van der Waals surface area contributed by atoms with E-state index in [4.69, 9.17) is 27.9 Å². The molecule has 0 aromatic carbocycles. The van der Waals surface area contributed by atoms with Gasteiger partial charge in [0.2, 0.25) is 0 Å². The van der Waals surface area contributed by atoms with Gasteiger partial charge >= 0.3 is 0 Å². The van der Waals surface area contributed by atoms with Crippen LogP contribution in [0.3, 0.4) is 0 Å². The molecule has 0 aliphatic rings. The minimum absolute atomic E-state index is 0.285. The number of halogens is 4. The highest BCUT2D eigenvalue weighted by Gasteiger charge is 2.11. The lowest BCUT2D eigenvalue weighted by molar-refractivity contribution is 0.0737. The van der Waals surface area contributed by atoms with Crippen molar-refractivity contribution in [3.8, 4) is 0 Å². The summed E-state index contributed by atoms with van der Waals surface area (Å²) >= 11 is 18.2. The number of ether oxygens (including phenoxy) is 1. The van der Waals surface area contributed by atoms with Crippen LogP contribution in [0, 0.1) is 0 Å². The van der Waals surface area contributed by atoms with Crippen molar-refractivity contribution in [1.29, 1.82) is 0 Å². The summed E-state index contributed by atoms with van der Waals surface area (Å²) < 4.78 is 7.67. The summed E-state index contributed by atoms with van der Waals surface area (Å²) in [5.74, 6) is 0. The first-order valence-electron chi connectivity index (χ1n) is 4.37. The van der Waals surface area contributed by atoms with E-state index in [0.717, 1.165) is 18.2 Å². The Labute approximate surface area is 115 Å². The lowest BCUT2D eigenvalue weighted by Crippen LogP contribution is -2.04. The second-order valence-electron chi connectivity index (χ2n) is 2.82. The number of hydrogen-bond acceptors (Lipinski definition) is 2. The zero-order valence-corrected chi connectivity index (χ0v) is 12.5. The third-order valence-electron chi connectivity index (χ3n) is 1.71. The fraction of sp³-hybridized carbons (Fsp3) is 0.625. The Hall–Kier alpha value is 0.710. The number of hydrogen-bond donors (Lipinski definition) is 0. The zero-order chi connectivity index (χ0) is 11.3. The number of aromatic nitrogens is 2. The molecule has 15 heavy (non-hydrogen) atoms. The van der Waals surface area contributed by atoms with Crippen LogP contribution in [-0.2, 0) is 11.5 Å². The minimum atomic E-state index is 0.285. The van der Waals surface area contributed by atoms with Crippen molar-refractivity contribution >= 4 is 55.1 Å². The molecule has 0 unspecified atom stereocenters. The summed E-state index contributed by atoms with van der Waals surface area (Å²) in [6, 6.07) is 0. The van der Waals surface area contributed by atoms with Gasteiger partial charge in [0.1, 0.15) is 6.73 Å². The molecule has 3 nitrogen and oxygen atoms in total. The predicted molar refractivity (Wildman–Crippen MR) is 68.9 cm³/mol. The molecule has 0 spiro atoms. The Bertz CT molecular complexity index is 320. The summed E-state index contributed by atoms with van der Waals surface area (Å²) in [7, 11) is 0. The standard InChI is InChI=1S/C8H10Br2Cl2N2O/c9-3-1-2-4-15-5-14-7(12)6(11)13-8(14)10/h1-5H2. The van der Waals surface area contributed by atoms with Gasteiger partial charge < -0.3 is 4.74 Å². The lowest BCUT2D eigenvalue weighted by atomic mass is 10.4. The summed E-state index contributed by atoms with van der Waals surface area (Å²) in [4.78, 5) is 3.95. The summed E-state index contributed by atoms with van der Waals surface area (Å²) in [6.07, 6.45) is 2.11. The molecule has 0 saturated carbocycles. The normalized spacial score (nSPS) is 10.9. The first-order valence-corrected chi connectivity index (χ1v) is 7.04. The molecule has 1 aromatic rings. The molecule has 0 bridgehead atoms. The molecule has 1 heterocycles. The Morgan fingerprint density at radius 2 is 2.07 bits per heavy atom. The van der Waals surface area contributed by atoms with E-state index < -0.39 is 0 Å². The van der Waals surface area contributed by atoms with Crippen LogP contribution >= 0.6 is 55.1 Å². The first-order chi connectivity index (χ1) is 7.16. The number of rotatable bonds is 6. The van der Waals surface area contributed by atoms with Crippen LogP contribution in [0.25, 0.3) is 0 Å². The van der Waals surface area contributed by atoms with Crippen molar-refractivity contribution in [1.82, 2.24) is 9.55 Å². The van der Waals surface area contributed by atoms with Crippen LogP contribution < -0.4 is 0 Å². The molecule has 0 aliphatic heterocycles. The van der Waals surface area contributed by atoms with Crippen molar-refractivity contribution in [2.75, 3.05) is 11.9 Å². The molecular weight excluding hydrogens is 371 g/mol. The van der Waals surface area contributed by atoms with Gasteiger partial charge in [0.15, 0.2) is 15.0 Å². The van der Waals surface area contributed by atoms with E-state index in [1.807, 2.05) is 0 Å². The van der Waals surface area contributed by atoms with Crippen molar-refractivity contribution in [2.45, 2.75) is 19.6 Å². The van der Waals surface area contributed by atoms with Gasteiger partial charge in [0.25, 0.3) is 0 Å². The SMILES string of the molecule is Clc1nc(Br)n(COCCCCBr)c1Cl. The molecular formula is C8H10Br2Cl2N2O. The lowest BCUT2D eigenvalue weighted by Gasteiger charge is -2.06. The molecule has 0 aliphatic carbocycles. The maximum absolute atomic E-state index is 5.91. The van der Waals surface area contributed by atoms with Crippen molar-refractivity contribution in [3.05, 3.63) is 15.0 Å². The highest BCUT2D eigenvalue weighted by atomic mass is 79.9. The minimum Gasteiger partial charge on any atom is -0.361 e. The third kappa shape index (κ3) is 4.23. The van der Waals surface area contributed by atoms with Gasteiger partial charge in [-0.25, -0.2) is 4.98 Å². The van der Waals surface area contributed by atoms with E-state index in [0.29, 0.717) is 23.2 Å². The fourth-order valence-electron chi connectivity index (χ4n) is 0.944. The largest absolute Gasteiger partial charge is 0.361 e. The molecule has 7 heteroatoms. The first kappa shape index (κ1) is 13.8. The topological polar surface area (TPSA) is 27.1 Å². The maximum atomic E-state index is 5.91. The molecule has 0 saturated heterocycles. The average molecular weight is 381 g/mol. The molecule has 0 N–H and O–H groups in total. The molecule has 1 aromatic heterocycles. The molecule has 0 fully saturated rings. The van der Waals surface area contributed by atoms with Crippen LogP contribution in [0.2, 0.25) is 10.3 Å². The van der Waals surface area contributed by atoms with Crippen LogP contribution in [0.1, 0.15) is 12.8 Å². The average Bonchev–Trinajstić information content (AvgIpc) is 2.44. The van der Waals surface area contributed by atoms with Gasteiger partial charge in [-0.05, 0) is 28.8 Å². The van der Waals surface area contributed by atoms with Crippen LogP contribution in [-0.4, -0.2) is 21.5 Å². The van der Waals surface area contributed by atoms with E-state index >= 15 is 0 Å². The molecule has 86 valence electrons. The van der Waals surface area contributed by atoms with E-state index in [9.17, 15) is 0 Å². The van der Waals surface area contributed by atoms with Gasteiger partial charge in [-0.15, -0.1) is 0 Å².